The Hall–Kier alpha value is -2.60. The van der Waals surface area contributed by atoms with E-state index < -0.39 is 17.8 Å². The number of amides is 1. The van der Waals surface area contributed by atoms with E-state index in [9.17, 15) is 14.3 Å². The van der Waals surface area contributed by atoms with Crippen molar-refractivity contribution in [2.45, 2.75) is 13.0 Å². The lowest BCUT2D eigenvalue weighted by Gasteiger charge is -2.22. The molecule has 0 bridgehead atoms. The Balaban J connectivity index is 1.93. The number of halogens is 1. The predicted molar refractivity (Wildman–Crippen MR) is 82.4 cm³/mol. The molecule has 1 unspecified atom stereocenters. The summed E-state index contributed by atoms with van der Waals surface area (Å²) in [7, 11) is 0. The highest BCUT2D eigenvalue weighted by atomic mass is 19.1. The Bertz CT molecular complexity index is 745. The van der Waals surface area contributed by atoms with E-state index in [0.29, 0.717) is 36.0 Å². The second-order valence-corrected chi connectivity index (χ2v) is 5.22. The third kappa shape index (κ3) is 3.27. The second-order valence-electron chi connectivity index (χ2n) is 5.22. The van der Waals surface area contributed by atoms with Crippen LogP contribution >= 0.6 is 0 Å². The molecule has 0 radical (unpaired) electrons. The van der Waals surface area contributed by atoms with Gasteiger partial charge in [0.05, 0.1) is 11.8 Å². The van der Waals surface area contributed by atoms with E-state index >= 15 is 0 Å². The van der Waals surface area contributed by atoms with E-state index in [0.717, 1.165) is 6.07 Å². The second kappa shape index (κ2) is 6.26. The maximum atomic E-state index is 13.2. The molecule has 2 aromatic rings. The van der Waals surface area contributed by atoms with Gasteiger partial charge in [-0.25, -0.2) is 4.39 Å². The summed E-state index contributed by atoms with van der Waals surface area (Å²) in [6.07, 6.45) is -0.811. The number of ether oxygens (including phenoxy) is 2. The van der Waals surface area contributed by atoms with Crippen LogP contribution in [0.3, 0.4) is 0 Å². The SMILES string of the molecule is CC(O)c1cc2c(cc1NC(=O)c1cccc(F)c1)OCCO2. The van der Waals surface area contributed by atoms with Crippen molar-refractivity contribution in [3.05, 3.63) is 53.3 Å². The third-order valence-electron chi connectivity index (χ3n) is 3.50. The molecule has 120 valence electrons. The van der Waals surface area contributed by atoms with Gasteiger partial charge >= 0.3 is 0 Å². The molecule has 1 aliphatic heterocycles. The van der Waals surface area contributed by atoms with Crippen LogP contribution in [0.15, 0.2) is 36.4 Å². The van der Waals surface area contributed by atoms with Gasteiger partial charge in [0.1, 0.15) is 19.0 Å². The van der Waals surface area contributed by atoms with Gasteiger partial charge in [0.2, 0.25) is 0 Å². The number of hydrogen-bond acceptors (Lipinski definition) is 4. The molecule has 1 atom stereocenters. The van der Waals surface area contributed by atoms with Crippen molar-refractivity contribution in [1.82, 2.24) is 0 Å². The summed E-state index contributed by atoms with van der Waals surface area (Å²) in [6.45, 7) is 2.43. The molecule has 2 aromatic carbocycles. The van der Waals surface area contributed by atoms with Crippen LogP contribution in [0.2, 0.25) is 0 Å². The van der Waals surface area contributed by atoms with Crippen LogP contribution in [0.25, 0.3) is 0 Å². The van der Waals surface area contributed by atoms with E-state index in [2.05, 4.69) is 5.32 Å². The molecule has 2 N–H and O–H groups in total. The van der Waals surface area contributed by atoms with Crippen LogP contribution in [0.5, 0.6) is 11.5 Å². The van der Waals surface area contributed by atoms with E-state index in [-0.39, 0.29) is 5.56 Å². The number of fused-ring (bicyclic) bond motifs is 1. The molecule has 0 fully saturated rings. The summed E-state index contributed by atoms with van der Waals surface area (Å²) in [4.78, 5) is 12.3. The average molecular weight is 317 g/mol. The van der Waals surface area contributed by atoms with Gasteiger partial charge < -0.3 is 19.9 Å². The Morgan fingerprint density at radius 1 is 1.22 bits per heavy atom. The van der Waals surface area contributed by atoms with E-state index in [1.54, 1.807) is 19.1 Å². The molecule has 0 aliphatic carbocycles. The van der Waals surface area contributed by atoms with Crippen LogP contribution < -0.4 is 14.8 Å². The number of carbonyl (C=O) groups excluding carboxylic acids is 1. The molecule has 0 saturated heterocycles. The summed E-state index contributed by atoms with van der Waals surface area (Å²) in [5.41, 5.74) is 1.09. The van der Waals surface area contributed by atoms with E-state index in [4.69, 9.17) is 9.47 Å². The fourth-order valence-corrected chi connectivity index (χ4v) is 2.38. The van der Waals surface area contributed by atoms with Gasteiger partial charge in [-0.15, -0.1) is 0 Å². The number of carbonyl (C=O) groups is 1. The topological polar surface area (TPSA) is 67.8 Å². The van der Waals surface area contributed by atoms with Crippen molar-refractivity contribution >= 4 is 11.6 Å². The Morgan fingerprint density at radius 2 is 1.91 bits per heavy atom. The highest BCUT2D eigenvalue weighted by molar-refractivity contribution is 6.04. The Morgan fingerprint density at radius 3 is 2.57 bits per heavy atom. The molecule has 1 aliphatic rings. The maximum absolute atomic E-state index is 13.2. The summed E-state index contributed by atoms with van der Waals surface area (Å²) in [6, 6.07) is 8.63. The number of rotatable bonds is 3. The molecule has 23 heavy (non-hydrogen) atoms. The first kappa shape index (κ1) is 15.3. The van der Waals surface area contributed by atoms with Gasteiger partial charge in [-0.1, -0.05) is 6.07 Å². The van der Waals surface area contributed by atoms with Crippen molar-refractivity contribution in [2.75, 3.05) is 18.5 Å². The van der Waals surface area contributed by atoms with Crippen molar-refractivity contribution in [3.63, 3.8) is 0 Å². The minimum absolute atomic E-state index is 0.191. The van der Waals surface area contributed by atoms with Crippen LogP contribution in [-0.4, -0.2) is 24.2 Å². The largest absolute Gasteiger partial charge is 0.486 e. The number of hydrogen-bond donors (Lipinski definition) is 2. The molecule has 5 nitrogen and oxygen atoms in total. The Labute approximate surface area is 132 Å². The average Bonchev–Trinajstić information content (AvgIpc) is 2.54. The van der Waals surface area contributed by atoms with Gasteiger partial charge in [-0.3, -0.25) is 4.79 Å². The maximum Gasteiger partial charge on any atom is 0.255 e. The number of benzene rings is 2. The first-order chi connectivity index (χ1) is 11.0. The summed E-state index contributed by atoms with van der Waals surface area (Å²) in [5.74, 6) is 0.0600. The normalized spacial score (nSPS) is 14.2. The summed E-state index contributed by atoms with van der Waals surface area (Å²) in [5, 5.41) is 12.6. The van der Waals surface area contributed by atoms with Crippen LogP contribution in [0.4, 0.5) is 10.1 Å². The predicted octanol–water partition coefficient (Wildman–Crippen LogP) is 2.90. The van der Waals surface area contributed by atoms with Crippen LogP contribution in [-0.2, 0) is 0 Å². The smallest absolute Gasteiger partial charge is 0.255 e. The molecule has 0 spiro atoms. The van der Waals surface area contributed by atoms with E-state index in [1.165, 1.54) is 18.2 Å². The van der Waals surface area contributed by atoms with Crippen molar-refractivity contribution in [3.8, 4) is 11.5 Å². The van der Waals surface area contributed by atoms with Gasteiger partial charge in [-0.05, 0) is 31.2 Å². The molecular weight excluding hydrogens is 301 g/mol. The monoisotopic (exact) mass is 317 g/mol. The number of aliphatic hydroxyl groups is 1. The first-order valence-corrected chi connectivity index (χ1v) is 7.23. The van der Waals surface area contributed by atoms with Gasteiger partial charge in [0.15, 0.2) is 11.5 Å². The number of anilines is 1. The molecule has 0 saturated carbocycles. The van der Waals surface area contributed by atoms with Crippen molar-refractivity contribution in [1.29, 1.82) is 0 Å². The van der Waals surface area contributed by atoms with Crippen molar-refractivity contribution < 1.29 is 23.8 Å². The number of nitrogens with one attached hydrogen (secondary N) is 1. The minimum Gasteiger partial charge on any atom is -0.486 e. The van der Waals surface area contributed by atoms with Crippen LogP contribution in [0.1, 0.15) is 28.9 Å². The molecule has 3 rings (SSSR count). The summed E-state index contributed by atoms with van der Waals surface area (Å²) < 4.78 is 24.2. The molecule has 1 amide bonds. The van der Waals surface area contributed by atoms with Crippen LogP contribution in [0, 0.1) is 5.82 Å². The highest BCUT2D eigenvalue weighted by Crippen LogP contribution is 2.38. The van der Waals surface area contributed by atoms with E-state index in [1.807, 2.05) is 0 Å². The Kier molecular flexibility index (Phi) is 4.16. The van der Waals surface area contributed by atoms with Gasteiger partial charge in [0, 0.05) is 17.2 Å². The fraction of sp³-hybridized carbons (Fsp3) is 0.235. The zero-order valence-corrected chi connectivity index (χ0v) is 12.5. The minimum atomic E-state index is -0.811. The molecule has 0 aromatic heterocycles. The molecule has 1 heterocycles. The highest BCUT2D eigenvalue weighted by Gasteiger charge is 2.20. The summed E-state index contributed by atoms with van der Waals surface area (Å²) >= 11 is 0. The molecular formula is C17H16FNO4. The third-order valence-corrected chi connectivity index (χ3v) is 3.50. The quantitative estimate of drug-likeness (QED) is 0.913. The number of aliphatic hydroxyl groups excluding tert-OH is 1. The zero-order valence-electron chi connectivity index (χ0n) is 12.5. The first-order valence-electron chi connectivity index (χ1n) is 7.23. The van der Waals surface area contributed by atoms with Gasteiger partial charge in [-0.2, -0.15) is 0 Å². The zero-order chi connectivity index (χ0) is 16.4. The van der Waals surface area contributed by atoms with Crippen molar-refractivity contribution in [2.24, 2.45) is 0 Å². The standard InChI is InChI=1S/C17H16FNO4/c1-10(20)13-8-15-16(23-6-5-22-15)9-14(13)19-17(21)11-3-2-4-12(18)7-11/h2-4,7-10,20H,5-6H2,1H3,(H,19,21). The van der Waals surface area contributed by atoms with Gasteiger partial charge in [0.25, 0.3) is 5.91 Å². The fourth-order valence-electron chi connectivity index (χ4n) is 2.38. The lowest BCUT2D eigenvalue weighted by molar-refractivity contribution is 0.102. The lowest BCUT2D eigenvalue weighted by Crippen LogP contribution is -2.18. The molecule has 6 heteroatoms. The lowest BCUT2D eigenvalue weighted by atomic mass is 10.1.